The van der Waals surface area contributed by atoms with Crippen molar-refractivity contribution in [2.75, 3.05) is 0 Å². The number of nitrogens with one attached hydrogen (secondary N) is 1. The highest BCUT2D eigenvalue weighted by molar-refractivity contribution is 7.09. The van der Waals surface area contributed by atoms with E-state index >= 15 is 0 Å². The molecule has 5 heteroatoms. The Morgan fingerprint density at radius 3 is 2.91 bits per heavy atom. The minimum absolute atomic E-state index is 0.0933. The van der Waals surface area contributed by atoms with Crippen LogP contribution in [0.15, 0.2) is 35.7 Å². The van der Waals surface area contributed by atoms with Gasteiger partial charge < -0.3 is 10.1 Å². The molecule has 122 valence electrons. The Morgan fingerprint density at radius 2 is 2.22 bits per heavy atom. The monoisotopic (exact) mass is 330 g/mol. The molecular weight excluding hydrogens is 308 g/mol. The lowest BCUT2D eigenvalue weighted by atomic mass is 10.2. The van der Waals surface area contributed by atoms with Crippen LogP contribution in [0, 0.1) is 6.92 Å². The number of hydrogen-bond acceptors (Lipinski definition) is 4. The fourth-order valence-electron chi connectivity index (χ4n) is 1.93. The third-order valence-corrected chi connectivity index (χ3v) is 4.20. The molecule has 0 radical (unpaired) electrons. The van der Waals surface area contributed by atoms with Gasteiger partial charge in [0.05, 0.1) is 10.7 Å². The molecule has 4 nitrogen and oxygen atoms in total. The number of amides is 1. The maximum absolute atomic E-state index is 11.8. The maximum Gasteiger partial charge on any atom is 0.244 e. The van der Waals surface area contributed by atoms with Crippen LogP contribution in [0.3, 0.4) is 0 Å². The van der Waals surface area contributed by atoms with Gasteiger partial charge in [0.2, 0.25) is 5.91 Å². The molecule has 2 aromatic rings. The van der Waals surface area contributed by atoms with Crippen molar-refractivity contribution >= 4 is 23.3 Å². The van der Waals surface area contributed by atoms with E-state index in [-0.39, 0.29) is 11.9 Å². The van der Waals surface area contributed by atoms with Crippen LogP contribution in [0.2, 0.25) is 0 Å². The number of thiazole rings is 1. The van der Waals surface area contributed by atoms with Crippen molar-refractivity contribution < 1.29 is 9.53 Å². The summed E-state index contributed by atoms with van der Waals surface area (Å²) in [7, 11) is 0. The topological polar surface area (TPSA) is 51.2 Å². The fraction of sp³-hybridized carbons (Fsp3) is 0.333. The second kappa shape index (κ2) is 8.48. The van der Waals surface area contributed by atoms with Crippen LogP contribution >= 0.6 is 11.3 Å². The van der Waals surface area contributed by atoms with Crippen molar-refractivity contribution in [1.82, 2.24) is 10.3 Å². The summed E-state index contributed by atoms with van der Waals surface area (Å²) >= 11 is 1.61. The molecule has 1 unspecified atom stereocenters. The van der Waals surface area contributed by atoms with Gasteiger partial charge in [0, 0.05) is 23.1 Å². The summed E-state index contributed by atoms with van der Waals surface area (Å²) in [5.74, 6) is 0.648. The second-order valence-electron chi connectivity index (χ2n) is 5.34. The van der Waals surface area contributed by atoms with Crippen LogP contribution in [0.25, 0.3) is 6.08 Å². The number of ether oxygens (including phenoxy) is 1. The van der Waals surface area contributed by atoms with Gasteiger partial charge in [-0.2, -0.15) is 0 Å². The van der Waals surface area contributed by atoms with E-state index in [0.29, 0.717) is 6.61 Å². The van der Waals surface area contributed by atoms with E-state index in [2.05, 4.69) is 10.3 Å². The number of aromatic nitrogens is 1. The Bertz CT molecular complexity index is 679. The molecule has 2 rings (SSSR count). The van der Waals surface area contributed by atoms with E-state index in [9.17, 15) is 4.79 Å². The Kier molecular flexibility index (Phi) is 6.35. The van der Waals surface area contributed by atoms with Crippen molar-refractivity contribution in [3.63, 3.8) is 0 Å². The average molecular weight is 330 g/mol. The summed E-state index contributed by atoms with van der Waals surface area (Å²) in [6, 6.07) is 7.83. The van der Waals surface area contributed by atoms with E-state index in [0.717, 1.165) is 28.4 Å². The molecule has 0 saturated carbocycles. The number of rotatable bonds is 7. The average Bonchev–Trinajstić information content (AvgIpc) is 2.97. The van der Waals surface area contributed by atoms with E-state index in [1.54, 1.807) is 23.5 Å². The number of nitrogens with zero attached hydrogens (tertiary/aromatic N) is 1. The third-order valence-electron chi connectivity index (χ3n) is 3.38. The molecule has 23 heavy (non-hydrogen) atoms. The minimum atomic E-state index is -0.0933. The number of carbonyl (C=O) groups excluding carboxylic acids is 1. The smallest absolute Gasteiger partial charge is 0.244 e. The molecular formula is C18H22N2O2S. The lowest BCUT2D eigenvalue weighted by molar-refractivity contribution is -0.117. The molecule has 0 aliphatic carbocycles. The van der Waals surface area contributed by atoms with E-state index < -0.39 is 0 Å². The van der Waals surface area contributed by atoms with Crippen LogP contribution in [0.5, 0.6) is 5.75 Å². The first-order chi connectivity index (χ1) is 11.1. The van der Waals surface area contributed by atoms with Gasteiger partial charge in [-0.3, -0.25) is 4.79 Å². The third kappa shape index (κ3) is 5.53. The lowest BCUT2D eigenvalue weighted by Gasteiger charge is -2.09. The maximum atomic E-state index is 11.8. The highest BCUT2D eigenvalue weighted by Crippen LogP contribution is 2.21. The standard InChI is InChI=1S/C18H22N2O2S/c1-4-13(2)19-18(21)10-9-15-7-5-6-8-17(15)22-11-16-12-23-14(3)20-16/h5-10,12-13H,4,11H2,1-3H3,(H,19,21)/b10-9+. The Balaban J connectivity index is 2.00. The van der Waals surface area contributed by atoms with Crippen molar-refractivity contribution in [1.29, 1.82) is 0 Å². The van der Waals surface area contributed by atoms with Crippen molar-refractivity contribution in [2.24, 2.45) is 0 Å². The molecule has 0 bridgehead atoms. The van der Waals surface area contributed by atoms with Crippen LogP contribution in [0.1, 0.15) is 36.5 Å². The first-order valence-electron chi connectivity index (χ1n) is 7.70. The molecule has 1 amide bonds. The number of aryl methyl sites for hydroxylation is 1. The van der Waals surface area contributed by atoms with E-state index in [1.807, 2.05) is 50.4 Å². The van der Waals surface area contributed by atoms with E-state index in [4.69, 9.17) is 4.74 Å². The zero-order chi connectivity index (χ0) is 16.7. The van der Waals surface area contributed by atoms with Crippen LogP contribution < -0.4 is 10.1 Å². The van der Waals surface area contributed by atoms with Gasteiger partial charge in [0.25, 0.3) is 0 Å². The first kappa shape index (κ1) is 17.2. The molecule has 1 aromatic heterocycles. The van der Waals surface area contributed by atoms with Gasteiger partial charge >= 0.3 is 0 Å². The largest absolute Gasteiger partial charge is 0.487 e. The number of carbonyl (C=O) groups is 1. The lowest BCUT2D eigenvalue weighted by Crippen LogP contribution is -2.30. The molecule has 1 N–H and O–H groups in total. The van der Waals surface area contributed by atoms with Gasteiger partial charge in [-0.15, -0.1) is 11.3 Å². The van der Waals surface area contributed by atoms with Crippen molar-refractivity contribution in [3.8, 4) is 5.75 Å². The normalized spacial score (nSPS) is 12.3. The van der Waals surface area contributed by atoms with Crippen LogP contribution in [0.4, 0.5) is 0 Å². The first-order valence-corrected chi connectivity index (χ1v) is 8.58. The van der Waals surface area contributed by atoms with Crippen molar-refractivity contribution in [3.05, 3.63) is 52.0 Å². The summed E-state index contributed by atoms with van der Waals surface area (Å²) < 4.78 is 5.83. The summed E-state index contributed by atoms with van der Waals surface area (Å²) in [5, 5.41) is 5.92. The molecule has 1 atom stereocenters. The molecule has 1 heterocycles. The molecule has 0 spiro atoms. The Hall–Kier alpha value is -2.14. The van der Waals surface area contributed by atoms with Crippen molar-refractivity contribution in [2.45, 2.75) is 39.8 Å². The highest BCUT2D eigenvalue weighted by Gasteiger charge is 2.05. The van der Waals surface area contributed by atoms with Crippen LogP contribution in [-0.4, -0.2) is 16.9 Å². The second-order valence-corrected chi connectivity index (χ2v) is 6.40. The van der Waals surface area contributed by atoms with Gasteiger partial charge in [-0.1, -0.05) is 25.1 Å². The minimum Gasteiger partial charge on any atom is -0.487 e. The fourth-order valence-corrected chi connectivity index (χ4v) is 2.53. The summed E-state index contributed by atoms with van der Waals surface area (Å²) in [4.78, 5) is 16.2. The van der Waals surface area contributed by atoms with E-state index in [1.165, 1.54) is 0 Å². The summed E-state index contributed by atoms with van der Waals surface area (Å²) in [6.45, 7) is 6.42. The molecule has 1 aromatic carbocycles. The zero-order valence-corrected chi connectivity index (χ0v) is 14.5. The Morgan fingerprint density at radius 1 is 1.43 bits per heavy atom. The molecule has 0 aliphatic heterocycles. The summed E-state index contributed by atoms with van der Waals surface area (Å²) in [5.41, 5.74) is 1.79. The predicted molar refractivity (Wildman–Crippen MR) is 94.6 cm³/mol. The summed E-state index contributed by atoms with van der Waals surface area (Å²) in [6.07, 6.45) is 4.23. The number of para-hydroxylation sites is 1. The SMILES string of the molecule is CCC(C)NC(=O)/C=C/c1ccccc1OCc1csc(C)n1. The Labute approximate surface area is 141 Å². The van der Waals surface area contributed by atoms with Gasteiger partial charge in [0.15, 0.2) is 0 Å². The zero-order valence-electron chi connectivity index (χ0n) is 13.7. The predicted octanol–water partition coefficient (Wildman–Crippen LogP) is 3.96. The molecule has 0 fully saturated rings. The quantitative estimate of drug-likeness (QED) is 0.782. The molecule has 0 aliphatic rings. The highest BCUT2D eigenvalue weighted by atomic mass is 32.1. The van der Waals surface area contributed by atoms with Gasteiger partial charge in [0.1, 0.15) is 12.4 Å². The number of hydrogen-bond donors (Lipinski definition) is 1. The molecule has 0 saturated heterocycles. The van der Waals surface area contributed by atoms with Gasteiger partial charge in [-0.05, 0) is 32.4 Å². The van der Waals surface area contributed by atoms with Crippen LogP contribution in [-0.2, 0) is 11.4 Å². The van der Waals surface area contributed by atoms with Gasteiger partial charge in [-0.25, -0.2) is 4.98 Å². The number of benzene rings is 1.